The molecule has 1 heterocycles. The third-order valence-electron chi connectivity index (χ3n) is 2.07. The number of carboxylic acids is 1. The van der Waals surface area contributed by atoms with Gasteiger partial charge in [-0.25, -0.2) is 9.97 Å². The van der Waals surface area contributed by atoms with E-state index in [0.717, 1.165) is 0 Å². The topological polar surface area (TPSA) is 92.2 Å². The molecule has 0 radical (unpaired) electrons. The highest BCUT2D eigenvalue weighted by atomic mass is 16.4. The lowest BCUT2D eigenvalue weighted by Crippen LogP contribution is -2.36. The fourth-order valence-electron chi connectivity index (χ4n) is 1.19. The first kappa shape index (κ1) is 12.1. The smallest absolute Gasteiger partial charge is 0.305 e. The highest BCUT2D eigenvalue weighted by Gasteiger charge is 2.15. The van der Waals surface area contributed by atoms with Crippen LogP contribution in [0.3, 0.4) is 0 Å². The Morgan fingerprint density at radius 2 is 2.06 bits per heavy atom. The van der Waals surface area contributed by atoms with Crippen molar-refractivity contribution in [1.82, 2.24) is 15.3 Å². The summed E-state index contributed by atoms with van der Waals surface area (Å²) in [7, 11) is 0. The minimum Gasteiger partial charge on any atom is -0.481 e. The lowest BCUT2D eigenvalue weighted by Gasteiger charge is -2.14. The molecular formula is C10H13N3O3. The summed E-state index contributed by atoms with van der Waals surface area (Å²) in [5.41, 5.74) is 0.325. The van der Waals surface area contributed by atoms with Gasteiger partial charge < -0.3 is 10.4 Å². The molecule has 0 aromatic carbocycles. The quantitative estimate of drug-likeness (QED) is 0.756. The molecule has 1 amide bonds. The summed E-state index contributed by atoms with van der Waals surface area (Å²) in [6.45, 7) is 1.81. The Bertz CT molecular complexity index is 367. The SMILES string of the molecule is CCC(CC(=O)O)NC(=O)c1cncnc1. The zero-order valence-electron chi connectivity index (χ0n) is 8.88. The van der Waals surface area contributed by atoms with Crippen molar-refractivity contribution in [3.63, 3.8) is 0 Å². The number of hydrogen-bond acceptors (Lipinski definition) is 4. The largest absolute Gasteiger partial charge is 0.481 e. The number of aliphatic carboxylic acids is 1. The fourth-order valence-corrected chi connectivity index (χ4v) is 1.19. The van der Waals surface area contributed by atoms with E-state index in [1.807, 2.05) is 6.92 Å². The molecule has 6 nitrogen and oxygen atoms in total. The van der Waals surface area contributed by atoms with Crippen LogP contribution >= 0.6 is 0 Å². The monoisotopic (exact) mass is 223 g/mol. The Kier molecular flexibility index (Phi) is 4.38. The van der Waals surface area contributed by atoms with Gasteiger partial charge in [0.05, 0.1) is 12.0 Å². The van der Waals surface area contributed by atoms with Gasteiger partial charge in [0.1, 0.15) is 6.33 Å². The Morgan fingerprint density at radius 3 is 2.56 bits per heavy atom. The first-order valence-electron chi connectivity index (χ1n) is 4.91. The average Bonchev–Trinajstić information content (AvgIpc) is 2.28. The summed E-state index contributed by atoms with van der Waals surface area (Å²) in [6.07, 6.45) is 4.57. The Balaban J connectivity index is 2.59. The maximum atomic E-state index is 11.6. The second-order valence-corrected chi connectivity index (χ2v) is 3.30. The maximum absolute atomic E-state index is 11.6. The number of amides is 1. The molecule has 1 atom stereocenters. The van der Waals surface area contributed by atoms with Gasteiger partial charge in [-0.15, -0.1) is 0 Å². The van der Waals surface area contributed by atoms with E-state index in [0.29, 0.717) is 12.0 Å². The van der Waals surface area contributed by atoms with E-state index in [4.69, 9.17) is 5.11 Å². The van der Waals surface area contributed by atoms with Crippen LogP contribution in [0.15, 0.2) is 18.7 Å². The van der Waals surface area contributed by atoms with Gasteiger partial charge in [0.25, 0.3) is 5.91 Å². The molecule has 1 aromatic heterocycles. The number of rotatable bonds is 5. The average molecular weight is 223 g/mol. The molecule has 1 unspecified atom stereocenters. The van der Waals surface area contributed by atoms with Crippen molar-refractivity contribution in [2.45, 2.75) is 25.8 Å². The molecule has 6 heteroatoms. The van der Waals surface area contributed by atoms with Crippen LogP contribution in [0.25, 0.3) is 0 Å². The highest BCUT2D eigenvalue weighted by Crippen LogP contribution is 2.00. The van der Waals surface area contributed by atoms with Gasteiger partial charge in [0, 0.05) is 18.4 Å². The van der Waals surface area contributed by atoms with E-state index in [1.165, 1.54) is 18.7 Å². The molecule has 0 saturated heterocycles. The van der Waals surface area contributed by atoms with Crippen molar-refractivity contribution in [2.24, 2.45) is 0 Å². The number of carbonyl (C=O) groups is 2. The first-order valence-corrected chi connectivity index (χ1v) is 4.91. The number of nitrogens with zero attached hydrogens (tertiary/aromatic N) is 2. The normalized spacial score (nSPS) is 11.8. The first-order chi connectivity index (χ1) is 7.63. The third kappa shape index (κ3) is 3.64. The Hall–Kier alpha value is -1.98. The van der Waals surface area contributed by atoms with E-state index in [1.54, 1.807) is 0 Å². The molecule has 0 spiro atoms. The second kappa shape index (κ2) is 5.79. The van der Waals surface area contributed by atoms with Crippen molar-refractivity contribution in [2.75, 3.05) is 0 Å². The van der Waals surface area contributed by atoms with Gasteiger partial charge in [-0.2, -0.15) is 0 Å². The number of carboxylic acid groups (broad SMARTS) is 1. The summed E-state index contributed by atoms with van der Waals surface area (Å²) in [4.78, 5) is 29.5. The number of hydrogen-bond donors (Lipinski definition) is 2. The number of nitrogens with one attached hydrogen (secondary N) is 1. The zero-order chi connectivity index (χ0) is 12.0. The van der Waals surface area contributed by atoms with E-state index >= 15 is 0 Å². The molecule has 0 bridgehead atoms. The van der Waals surface area contributed by atoms with Crippen LogP contribution < -0.4 is 5.32 Å². The summed E-state index contributed by atoms with van der Waals surface area (Å²) in [5, 5.41) is 11.2. The van der Waals surface area contributed by atoms with Crippen LogP contribution in [0.4, 0.5) is 0 Å². The molecule has 0 aliphatic heterocycles. The summed E-state index contributed by atoms with van der Waals surface area (Å²) >= 11 is 0. The summed E-state index contributed by atoms with van der Waals surface area (Å²) in [6, 6.07) is -0.370. The van der Waals surface area contributed by atoms with Crippen LogP contribution in [0.5, 0.6) is 0 Å². The molecule has 1 rings (SSSR count). The molecule has 0 fully saturated rings. The van der Waals surface area contributed by atoms with Crippen molar-refractivity contribution in [3.05, 3.63) is 24.3 Å². The van der Waals surface area contributed by atoms with Gasteiger partial charge in [-0.1, -0.05) is 6.92 Å². The van der Waals surface area contributed by atoms with E-state index in [-0.39, 0.29) is 18.4 Å². The van der Waals surface area contributed by atoms with Crippen LogP contribution in [0.2, 0.25) is 0 Å². The van der Waals surface area contributed by atoms with Crippen molar-refractivity contribution in [3.8, 4) is 0 Å². The minimum atomic E-state index is -0.934. The van der Waals surface area contributed by atoms with Crippen LogP contribution in [-0.4, -0.2) is 33.0 Å². The number of carbonyl (C=O) groups excluding carboxylic acids is 1. The molecular weight excluding hydrogens is 210 g/mol. The predicted molar refractivity (Wildman–Crippen MR) is 55.8 cm³/mol. The fraction of sp³-hybridized carbons (Fsp3) is 0.400. The van der Waals surface area contributed by atoms with Crippen LogP contribution in [-0.2, 0) is 4.79 Å². The molecule has 86 valence electrons. The lowest BCUT2D eigenvalue weighted by molar-refractivity contribution is -0.137. The third-order valence-corrected chi connectivity index (χ3v) is 2.07. The zero-order valence-corrected chi connectivity index (χ0v) is 8.88. The molecule has 2 N–H and O–H groups in total. The minimum absolute atomic E-state index is 0.0874. The standard InChI is InChI=1S/C10H13N3O3/c1-2-8(3-9(14)15)13-10(16)7-4-11-6-12-5-7/h4-6,8H,2-3H2,1H3,(H,13,16)(H,14,15). The van der Waals surface area contributed by atoms with Crippen molar-refractivity contribution >= 4 is 11.9 Å². The molecule has 0 aliphatic rings. The molecule has 0 saturated carbocycles. The van der Waals surface area contributed by atoms with Crippen molar-refractivity contribution < 1.29 is 14.7 Å². The van der Waals surface area contributed by atoms with E-state index in [9.17, 15) is 9.59 Å². The second-order valence-electron chi connectivity index (χ2n) is 3.30. The van der Waals surface area contributed by atoms with Gasteiger partial charge in [0.15, 0.2) is 0 Å². The molecule has 16 heavy (non-hydrogen) atoms. The summed E-state index contributed by atoms with van der Waals surface area (Å²) in [5.74, 6) is -1.29. The van der Waals surface area contributed by atoms with E-state index < -0.39 is 5.97 Å². The Labute approximate surface area is 92.7 Å². The van der Waals surface area contributed by atoms with Crippen LogP contribution in [0.1, 0.15) is 30.1 Å². The van der Waals surface area contributed by atoms with Gasteiger partial charge in [0.2, 0.25) is 0 Å². The van der Waals surface area contributed by atoms with Gasteiger partial charge >= 0.3 is 5.97 Å². The Morgan fingerprint density at radius 1 is 1.44 bits per heavy atom. The van der Waals surface area contributed by atoms with Gasteiger partial charge in [-0.3, -0.25) is 9.59 Å². The maximum Gasteiger partial charge on any atom is 0.305 e. The highest BCUT2D eigenvalue weighted by molar-refractivity contribution is 5.93. The van der Waals surface area contributed by atoms with E-state index in [2.05, 4.69) is 15.3 Å². The molecule has 0 aliphatic carbocycles. The van der Waals surface area contributed by atoms with Crippen molar-refractivity contribution in [1.29, 1.82) is 0 Å². The molecule has 1 aromatic rings. The summed E-state index contributed by atoms with van der Waals surface area (Å²) < 4.78 is 0. The number of aromatic nitrogens is 2. The van der Waals surface area contributed by atoms with Gasteiger partial charge in [-0.05, 0) is 6.42 Å². The lowest BCUT2D eigenvalue weighted by atomic mass is 10.1. The predicted octanol–water partition coefficient (Wildman–Crippen LogP) is 0.460. The van der Waals surface area contributed by atoms with Crippen LogP contribution in [0, 0.1) is 0 Å².